The van der Waals surface area contributed by atoms with E-state index in [2.05, 4.69) is 20.3 Å². The molecule has 0 saturated carbocycles. The summed E-state index contributed by atoms with van der Waals surface area (Å²) in [4.78, 5) is 24.5. The van der Waals surface area contributed by atoms with E-state index in [1.807, 2.05) is 36.4 Å². The number of benzene rings is 1. The first-order valence-electron chi connectivity index (χ1n) is 7.45. The largest absolute Gasteiger partial charge is 0.392 e. The molecule has 24 heavy (non-hydrogen) atoms. The van der Waals surface area contributed by atoms with Crippen molar-refractivity contribution in [2.24, 2.45) is 0 Å². The molecule has 1 aromatic carbocycles. The van der Waals surface area contributed by atoms with E-state index in [1.54, 1.807) is 12.4 Å². The summed E-state index contributed by atoms with van der Waals surface area (Å²) in [5.74, 6) is 0.316. The topological polar surface area (TPSA) is 88.0 Å². The van der Waals surface area contributed by atoms with E-state index in [4.69, 9.17) is 5.11 Å². The third-order valence-electron chi connectivity index (χ3n) is 3.51. The van der Waals surface area contributed by atoms with Crippen molar-refractivity contribution < 1.29 is 9.90 Å². The second kappa shape index (κ2) is 7.43. The van der Waals surface area contributed by atoms with Crippen LogP contribution in [0.2, 0.25) is 0 Å². The monoisotopic (exact) mass is 320 g/mol. The minimum atomic E-state index is -0.234. The quantitative estimate of drug-likeness (QED) is 0.750. The molecule has 0 saturated heterocycles. The molecule has 0 atom stereocenters. The van der Waals surface area contributed by atoms with Crippen molar-refractivity contribution in [2.75, 3.05) is 0 Å². The smallest absolute Gasteiger partial charge is 0.254 e. The minimum Gasteiger partial charge on any atom is -0.392 e. The van der Waals surface area contributed by atoms with Gasteiger partial charge in [0.2, 0.25) is 0 Å². The molecule has 1 amide bonds. The van der Waals surface area contributed by atoms with Gasteiger partial charge in [-0.2, -0.15) is 0 Å². The number of hydrogen-bond acceptors (Lipinski definition) is 5. The highest BCUT2D eigenvalue weighted by atomic mass is 16.3. The van der Waals surface area contributed by atoms with E-state index in [1.165, 1.54) is 12.4 Å². The molecular formula is C18H16N4O2. The Morgan fingerprint density at radius 1 is 0.958 bits per heavy atom. The standard InChI is InChI=1S/C18H16N4O2/c23-12-14-3-1-13(2-4-14)9-22-18(24)16-10-20-17(21-11-16)15-5-7-19-8-6-15/h1-8,10-11,23H,9,12H2,(H,22,24). The predicted molar refractivity (Wildman–Crippen MR) is 88.8 cm³/mol. The van der Waals surface area contributed by atoms with Crippen LogP contribution in [0.5, 0.6) is 0 Å². The van der Waals surface area contributed by atoms with Crippen molar-refractivity contribution in [3.05, 3.63) is 77.9 Å². The Bertz CT molecular complexity index is 803. The molecule has 0 bridgehead atoms. The second-order valence-corrected chi connectivity index (χ2v) is 5.19. The number of aromatic nitrogens is 3. The van der Waals surface area contributed by atoms with Crippen LogP contribution in [0, 0.1) is 0 Å². The van der Waals surface area contributed by atoms with E-state index >= 15 is 0 Å². The van der Waals surface area contributed by atoms with Crippen LogP contribution in [-0.4, -0.2) is 26.0 Å². The molecule has 0 radical (unpaired) electrons. The highest BCUT2D eigenvalue weighted by Gasteiger charge is 2.08. The Morgan fingerprint density at radius 2 is 1.58 bits per heavy atom. The first-order valence-corrected chi connectivity index (χ1v) is 7.45. The highest BCUT2D eigenvalue weighted by Crippen LogP contribution is 2.12. The van der Waals surface area contributed by atoms with Crippen LogP contribution in [0.15, 0.2) is 61.2 Å². The lowest BCUT2D eigenvalue weighted by Crippen LogP contribution is -2.23. The zero-order valence-corrected chi connectivity index (χ0v) is 12.9. The first-order chi connectivity index (χ1) is 11.8. The lowest BCUT2D eigenvalue weighted by atomic mass is 10.1. The van der Waals surface area contributed by atoms with Gasteiger partial charge in [-0.25, -0.2) is 9.97 Å². The molecule has 3 aromatic rings. The zero-order chi connectivity index (χ0) is 16.8. The molecule has 0 spiro atoms. The molecule has 6 nitrogen and oxygen atoms in total. The number of hydrogen-bond donors (Lipinski definition) is 2. The second-order valence-electron chi connectivity index (χ2n) is 5.19. The summed E-state index contributed by atoms with van der Waals surface area (Å²) in [6.45, 7) is 0.407. The molecule has 6 heteroatoms. The van der Waals surface area contributed by atoms with Crippen LogP contribution in [0.25, 0.3) is 11.4 Å². The third kappa shape index (κ3) is 3.80. The average Bonchev–Trinajstić information content (AvgIpc) is 2.67. The van der Waals surface area contributed by atoms with Crippen molar-refractivity contribution in [2.45, 2.75) is 13.2 Å². The van der Waals surface area contributed by atoms with Crippen LogP contribution >= 0.6 is 0 Å². The number of aliphatic hydroxyl groups excluding tert-OH is 1. The van der Waals surface area contributed by atoms with Crippen LogP contribution < -0.4 is 5.32 Å². The van der Waals surface area contributed by atoms with Crippen molar-refractivity contribution in [3.8, 4) is 11.4 Å². The lowest BCUT2D eigenvalue weighted by molar-refractivity contribution is 0.0950. The molecular weight excluding hydrogens is 304 g/mol. The van der Waals surface area contributed by atoms with Gasteiger partial charge in [0.15, 0.2) is 5.82 Å². The van der Waals surface area contributed by atoms with Gasteiger partial charge in [0.25, 0.3) is 5.91 Å². The molecule has 2 heterocycles. The third-order valence-corrected chi connectivity index (χ3v) is 3.51. The number of nitrogens with one attached hydrogen (secondary N) is 1. The van der Waals surface area contributed by atoms with Gasteiger partial charge in [-0.1, -0.05) is 24.3 Å². The lowest BCUT2D eigenvalue weighted by Gasteiger charge is -2.06. The molecule has 3 rings (SSSR count). The molecule has 2 N–H and O–H groups in total. The predicted octanol–water partition coefficient (Wildman–Crippen LogP) is 1.96. The van der Waals surface area contributed by atoms with Gasteiger partial charge in [0, 0.05) is 36.9 Å². The number of rotatable bonds is 5. The number of nitrogens with zero attached hydrogens (tertiary/aromatic N) is 3. The number of carbonyl (C=O) groups excluding carboxylic acids is 1. The summed E-state index contributed by atoms with van der Waals surface area (Å²) in [5, 5.41) is 11.8. The van der Waals surface area contributed by atoms with E-state index < -0.39 is 0 Å². The van der Waals surface area contributed by atoms with Crippen molar-refractivity contribution >= 4 is 5.91 Å². The van der Waals surface area contributed by atoms with Crippen molar-refractivity contribution in [1.82, 2.24) is 20.3 Å². The Morgan fingerprint density at radius 3 is 2.21 bits per heavy atom. The molecule has 0 aliphatic heterocycles. The van der Waals surface area contributed by atoms with Crippen molar-refractivity contribution in [1.29, 1.82) is 0 Å². The number of pyridine rings is 1. The first kappa shape index (κ1) is 15.8. The summed E-state index contributed by atoms with van der Waals surface area (Å²) < 4.78 is 0. The molecule has 0 fully saturated rings. The Hall–Kier alpha value is -3.12. The number of amides is 1. The van der Waals surface area contributed by atoms with E-state index in [0.717, 1.165) is 16.7 Å². The molecule has 0 unspecified atom stereocenters. The fourth-order valence-electron chi connectivity index (χ4n) is 2.14. The van der Waals surface area contributed by atoms with Gasteiger partial charge in [-0.05, 0) is 23.3 Å². The molecule has 120 valence electrons. The SMILES string of the molecule is O=C(NCc1ccc(CO)cc1)c1cnc(-c2ccncc2)nc1. The number of aliphatic hydroxyl groups is 1. The van der Waals surface area contributed by atoms with Crippen LogP contribution in [-0.2, 0) is 13.2 Å². The Labute approximate surface area is 139 Å². The normalized spacial score (nSPS) is 10.4. The molecule has 2 aromatic heterocycles. The minimum absolute atomic E-state index is 0.00774. The Kier molecular flexibility index (Phi) is 4.88. The van der Waals surface area contributed by atoms with Gasteiger partial charge in [0.05, 0.1) is 12.2 Å². The Balaban J connectivity index is 1.62. The van der Waals surface area contributed by atoms with E-state index in [9.17, 15) is 4.79 Å². The van der Waals surface area contributed by atoms with Crippen LogP contribution in [0.1, 0.15) is 21.5 Å². The summed E-state index contributed by atoms with van der Waals surface area (Å²) in [6.07, 6.45) is 6.35. The zero-order valence-electron chi connectivity index (χ0n) is 12.9. The number of carbonyl (C=O) groups is 1. The van der Waals surface area contributed by atoms with E-state index in [-0.39, 0.29) is 12.5 Å². The highest BCUT2D eigenvalue weighted by molar-refractivity contribution is 5.93. The fourth-order valence-corrected chi connectivity index (χ4v) is 2.14. The van der Waals surface area contributed by atoms with Gasteiger partial charge >= 0.3 is 0 Å². The van der Waals surface area contributed by atoms with Crippen molar-refractivity contribution in [3.63, 3.8) is 0 Å². The van der Waals surface area contributed by atoms with Crippen LogP contribution in [0.3, 0.4) is 0 Å². The fraction of sp³-hybridized carbons (Fsp3) is 0.111. The van der Waals surface area contributed by atoms with Crippen LogP contribution in [0.4, 0.5) is 0 Å². The summed E-state index contributed by atoms with van der Waals surface area (Å²) >= 11 is 0. The van der Waals surface area contributed by atoms with Gasteiger partial charge in [-0.3, -0.25) is 9.78 Å². The maximum Gasteiger partial charge on any atom is 0.254 e. The summed E-state index contributed by atoms with van der Waals surface area (Å²) in [6, 6.07) is 11.0. The van der Waals surface area contributed by atoms with E-state index in [0.29, 0.717) is 17.9 Å². The molecule has 0 aliphatic rings. The summed E-state index contributed by atoms with van der Waals surface area (Å²) in [5.41, 5.74) is 3.04. The maximum absolute atomic E-state index is 12.1. The summed E-state index contributed by atoms with van der Waals surface area (Å²) in [7, 11) is 0. The van der Waals surface area contributed by atoms with Gasteiger partial charge in [-0.15, -0.1) is 0 Å². The van der Waals surface area contributed by atoms with Gasteiger partial charge in [0.1, 0.15) is 0 Å². The van der Waals surface area contributed by atoms with Gasteiger partial charge < -0.3 is 10.4 Å². The average molecular weight is 320 g/mol. The maximum atomic E-state index is 12.1. The molecule has 0 aliphatic carbocycles.